The molecular weight excluding hydrogens is 210 g/mol. The van der Waals surface area contributed by atoms with E-state index < -0.39 is 10.2 Å². The zero-order chi connectivity index (χ0) is 11.2. The minimum absolute atomic E-state index is 0.575. The third-order valence-electron chi connectivity index (χ3n) is 1.33. The van der Waals surface area contributed by atoms with Gasteiger partial charge in [0.25, 0.3) is 0 Å². The quantitative estimate of drug-likeness (QED) is 0.467. The van der Waals surface area contributed by atoms with Gasteiger partial charge in [-0.1, -0.05) is 6.07 Å². The van der Waals surface area contributed by atoms with Gasteiger partial charge in [-0.3, -0.25) is 0 Å². The number of pyridine rings is 1. The zero-order valence-corrected chi connectivity index (χ0v) is 8.68. The molecule has 1 heterocycles. The van der Waals surface area contributed by atoms with Crippen LogP contribution in [0.25, 0.3) is 0 Å². The van der Waals surface area contributed by atoms with E-state index >= 15 is 0 Å². The predicted molar refractivity (Wildman–Crippen MR) is 37.0 cm³/mol. The van der Waals surface area contributed by atoms with E-state index in [2.05, 4.69) is 30.8 Å². The average Bonchev–Trinajstić information content (AvgIpc) is 2.03. The van der Waals surface area contributed by atoms with Gasteiger partial charge in [-0.15, -0.1) is 10.2 Å². The van der Waals surface area contributed by atoms with Gasteiger partial charge in [0.2, 0.25) is 0 Å². The summed E-state index contributed by atoms with van der Waals surface area (Å²) in [5.41, 5.74) is 0. The molecule has 0 bridgehead atoms. The van der Waals surface area contributed by atoms with Crippen LogP contribution in [0.5, 0.6) is 0 Å². The zero-order valence-electron chi connectivity index (χ0n) is 7.92. The van der Waals surface area contributed by atoms with Crippen LogP contribution in [0.2, 0.25) is 0 Å². The minimum atomic E-state index is -4.94. The fourth-order valence-electron chi connectivity index (χ4n) is 0.756. The molecule has 80 valence electrons. The van der Waals surface area contributed by atoms with Crippen molar-refractivity contribution in [3.63, 3.8) is 0 Å². The minimum Gasteiger partial charge on any atom is -0.222 e. The molecule has 0 fully saturated rings. The SMILES string of the molecule is CC(C)[n+]1ccccc1.[O-][Cl+3]([O-])([O-])[O-]. The topological polar surface area (TPSA) is 96.1 Å². The average molecular weight is 222 g/mol. The lowest BCUT2D eigenvalue weighted by molar-refractivity contribution is -2.00. The molecule has 0 saturated carbocycles. The lowest BCUT2D eigenvalue weighted by Gasteiger charge is -2.17. The van der Waals surface area contributed by atoms with Crippen molar-refractivity contribution in [2.75, 3.05) is 0 Å². The summed E-state index contributed by atoms with van der Waals surface area (Å²) in [7, 11) is -4.94. The maximum Gasteiger partial charge on any atom is 0.169 e. The highest BCUT2D eigenvalue weighted by Crippen LogP contribution is 1.88. The first-order valence-corrected chi connectivity index (χ1v) is 5.11. The van der Waals surface area contributed by atoms with E-state index in [4.69, 9.17) is 18.6 Å². The highest BCUT2D eigenvalue weighted by atomic mass is 35.7. The van der Waals surface area contributed by atoms with Crippen molar-refractivity contribution in [2.45, 2.75) is 19.9 Å². The first-order valence-electron chi connectivity index (χ1n) is 3.88. The van der Waals surface area contributed by atoms with Crippen molar-refractivity contribution >= 4 is 0 Å². The molecule has 0 unspecified atom stereocenters. The number of hydrogen-bond acceptors (Lipinski definition) is 4. The molecule has 0 aliphatic heterocycles. The summed E-state index contributed by atoms with van der Waals surface area (Å²) in [6, 6.07) is 6.69. The molecule has 0 amide bonds. The van der Waals surface area contributed by atoms with Gasteiger partial charge in [-0.25, -0.2) is 23.2 Å². The maximum atomic E-state index is 8.49. The largest absolute Gasteiger partial charge is 0.222 e. The number of nitrogens with zero attached hydrogens (tertiary/aromatic N) is 1. The molecule has 0 atom stereocenters. The van der Waals surface area contributed by atoms with Crippen molar-refractivity contribution in [2.24, 2.45) is 0 Å². The van der Waals surface area contributed by atoms with Gasteiger partial charge >= 0.3 is 0 Å². The van der Waals surface area contributed by atoms with Crippen LogP contribution in [0.1, 0.15) is 19.9 Å². The van der Waals surface area contributed by atoms with E-state index in [0.717, 1.165) is 0 Å². The van der Waals surface area contributed by atoms with Gasteiger partial charge in [0.05, 0.1) is 0 Å². The Bertz CT molecular complexity index is 241. The molecule has 5 nitrogen and oxygen atoms in total. The molecular formula is C8H12ClNO4. The van der Waals surface area contributed by atoms with Crippen LogP contribution in [0.15, 0.2) is 30.6 Å². The van der Waals surface area contributed by atoms with E-state index in [1.54, 1.807) is 0 Å². The summed E-state index contributed by atoms with van der Waals surface area (Å²) in [6.45, 7) is 4.33. The van der Waals surface area contributed by atoms with Crippen LogP contribution in [0, 0.1) is 10.2 Å². The van der Waals surface area contributed by atoms with Gasteiger partial charge in [0, 0.05) is 12.1 Å². The van der Waals surface area contributed by atoms with Gasteiger partial charge in [-0.05, 0) is 13.8 Å². The van der Waals surface area contributed by atoms with E-state index in [9.17, 15) is 0 Å². The van der Waals surface area contributed by atoms with Crippen LogP contribution < -0.4 is 23.2 Å². The predicted octanol–water partition coefficient (Wildman–Crippen LogP) is -3.20. The van der Waals surface area contributed by atoms with Gasteiger partial charge in [0.1, 0.15) is 0 Å². The lowest BCUT2D eigenvalue weighted by Crippen LogP contribution is -2.68. The third-order valence-corrected chi connectivity index (χ3v) is 1.33. The van der Waals surface area contributed by atoms with E-state index in [0.29, 0.717) is 6.04 Å². The summed E-state index contributed by atoms with van der Waals surface area (Å²) < 4.78 is 36.1. The Morgan fingerprint density at radius 2 is 1.29 bits per heavy atom. The monoisotopic (exact) mass is 221 g/mol. The molecule has 6 heteroatoms. The van der Waals surface area contributed by atoms with Crippen LogP contribution in [-0.2, 0) is 0 Å². The summed E-state index contributed by atoms with van der Waals surface area (Å²) in [6.07, 6.45) is 4.15. The summed E-state index contributed by atoms with van der Waals surface area (Å²) >= 11 is 0. The van der Waals surface area contributed by atoms with Gasteiger partial charge in [-0.2, -0.15) is 0 Å². The standard InChI is InChI=1S/C8H12N.ClHO4/c1-8(2)9-6-4-3-5-7-9;2-1(3,4)5/h3-8H,1-2H3;(H,2,3,4,5)/q+1;/p-1. The summed E-state index contributed by atoms with van der Waals surface area (Å²) in [5, 5.41) is 0. The first-order chi connectivity index (χ1) is 6.30. The second-order valence-electron chi connectivity index (χ2n) is 2.79. The molecule has 0 aromatic carbocycles. The van der Waals surface area contributed by atoms with E-state index in [1.807, 2.05) is 18.2 Å². The van der Waals surface area contributed by atoms with Gasteiger partial charge in [0.15, 0.2) is 18.4 Å². The van der Waals surface area contributed by atoms with Crippen molar-refractivity contribution in [3.05, 3.63) is 30.6 Å². The van der Waals surface area contributed by atoms with E-state index in [1.165, 1.54) is 0 Å². The fraction of sp³-hybridized carbons (Fsp3) is 0.375. The molecule has 1 aromatic heterocycles. The molecule has 0 spiro atoms. The summed E-state index contributed by atoms with van der Waals surface area (Å²) in [5.74, 6) is 0. The Morgan fingerprint density at radius 3 is 1.50 bits per heavy atom. The third kappa shape index (κ3) is 9.37. The second kappa shape index (κ2) is 5.90. The number of hydrogen-bond donors (Lipinski definition) is 0. The Hall–Kier alpha value is -0.720. The molecule has 0 aliphatic carbocycles. The molecule has 1 aromatic rings. The molecule has 0 N–H and O–H groups in total. The number of rotatable bonds is 1. The molecule has 14 heavy (non-hydrogen) atoms. The van der Waals surface area contributed by atoms with E-state index in [-0.39, 0.29) is 0 Å². The van der Waals surface area contributed by atoms with Crippen molar-refractivity contribution in [1.82, 2.24) is 0 Å². The Kier molecular flexibility index (Phi) is 5.59. The van der Waals surface area contributed by atoms with Crippen LogP contribution in [0.4, 0.5) is 0 Å². The van der Waals surface area contributed by atoms with Crippen LogP contribution in [-0.4, -0.2) is 0 Å². The highest BCUT2D eigenvalue weighted by molar-refractivity contribution is 4.83. The number of aromatic nitrogens is 1. The maximum absolute atomic E-state index is 8.49. The van der Waals surface area contributed by atoms with Crippen molar-refractivity contribution in [1.29, 1.82) is 0 Å². The highest BCUT2D eigenvalue weighted by Gasteiger charge is 2.00. The second-order valence-corrected chi connectivity index (χ2v) is 3.55. The fourth-order valence-corrected chi connectivity index (χ4v) is 0.756. The van der Waals surface area contributed by atoms with Crippen LogP contribution >= 0.6 is 0 Å². The lowest BCUT2D eigenvalue weighted by atomic mass is 10.3. The number of halogens is 1. The van der Waals surface area contributed by atoms with Gasteiger partial charge < -0.3 is 0 Å². The Labute approximate surface area is 84.6 Å². The smallest absolute Gasteiger partial charge is 0.169 e. The molecule has 0 aliphatic rings. The van der Waals surface area contributed by atoms with Crippen LogP contribution in [0.3, 0.4) is 0 Å². The molecule has 0 saturated heterocycles. The molecule has 1 rings (SSSR count). The van der Waals surface area contributed by atoms with Crippen molar-refractivity contribution in [3.8, 4) is 0 Å². The Morgan fingerprint density at radius 1 is 0.929 bits per heavy atom. The molecule has 0 radical (unpaired) electrons. The first kappa shape index (κ1) is 13.3. The summed E-state index contributed by atoms with van der Waals surface area (Å²) in [4.78, 5) is 0. The van der Waals surface area contributed by atoms with Crippen molar-refractivity contribution < 1.29 is 33.4 Å². The Balaban J connectivity index is 0.000000292. The normalized spacial score (nSPS) is 10.8.